The molecule has 35 heavy (non-hydrogen) atoms. The maximum absolute atomic E-state index is 13.7. The first-order chi connectivity index (χ1) is 16.7. The molecule has 1 amide bonds. The number of carbonyl (C=O) groups excluding carboxylic acids is 2. The Bertz CT molecular complexity index is 1270. The first-order valence-corrected chi connectivity index (χ1v) is 12.3. The fraction of sp³-hybridized carbons (Fsp3) is 0.464. The van der Waals surface area contributed by atoms with Gasteiger partial charge in [0.25, 0.3) is 0 Å². The SMILES string of the molecule is COC(=O)c1cc2oc3ccc(CCC(=O)O)cc3c2cc1N(C(=O)C1CCC(C)CC1)C(C)C. The minimum absolute atomic E-state index is 0.0337. The van der Waals surface area contributed by atoms with Gasteiger partial charge in [-0.25, -0.2) is 4.79 Å². The van der Waals surface area contributed by atoms with Crippen molar-refractivity contribution in [1.82, 2.24) is 0 Å². The summed E-state index contributed by atoms with van der Waals surface area (Å²) in [5.41, 5.74) is 2.84. The number of ether oxygens (including phenoxy) is 1. The molecular formula is C28H33NO6. The van der Waals surface area contributed by atoms with Crippen LogP contribution in [0.3, 0.4) is 0 Å². The summed E-state index contributed by atoms with van der Waals surface area (Å²) in [5, 5.41) is 10.6. The molecule has 1 fully saturated rings. The minimum atomic E-state index is -0.852. The number of fused-ring (bicyclic) bond motifs is 3. The molecule has 1 aliphatic rings. The van der Waals surface area contributed by atoms with Crippen LogP contribution in [0.25, 0.3) is 21.9 Å². The molecule has 1 N–H and O–H groups in total. The van der Waals surface area contributed by atoms with Crippen LogP contribution in [0.1, 0.15) is 68.8 Å². The van der Waals surface area contributed by atoms with E-state index in [1.165, 1.54) is 7.11 Å². The van der Waals surface area contributed by atoms with Crippen LogP contribution in [0, 0.1) is 11.8 Å². The predicted molar refractivity (Wildman–Crippen MR) is 135 cm³/mol. The number of anilines is 1. The normalized spacial score (nSPS) is 18.2. The van der Waals surface area contributed by atoms with Gasteiger partial charge in [0, 0.05) is 29.2 Å². The first kappa shape index (κ1) is 24.8. The molecule has 0 bridgehead atoms. The Kier molecular flexibility index (Phi) is 7.15. The van der Waals surface area contributed by atoms with Gasteiger partial charge in [-0.2, -0.15) is 0 Å². The van der Waals surface area contributed by atoms with Crippen molar-refractivity contribution in [3.63, 3.8) is 0 Å². The highest BCUT2D eigenvalue weighted by Crippen LogP contribution is 2.38. The molecule has 4 rings (SSSR count). The molecule has 1 aliphatic carbocycles. The molecule has 1 aromatic heterocycles. The molecule has 186 valence electrons. The molecule has 2 aromatic carbocycles. The van der Waals surface area contributed by atoms with Gasteiger partial charge in [0.15, 0.2) is 0 Å². The molecule has 3 aromatic rings. The maximum Gasteiger partial charge on any atom is 0.340 e. The van der Waals surface area contributed by atoms with Crippen molar-refractivity contribution < 1.29 is 28.6 Å². The van der Waals surface area contributed by atoms with Gasteiger partial charge in [-0.3, -0.25) is 9.59 Å². The number of benzene rings is 2. The van der Waals surface area contributed by atoms with Gasteiger partial charge in [-0.15, -0.1) is 0 Å². The van der Waals surface area contributed by atoms with Crippen LogP contribution in [0.2, 0.25) is 0 Å². The molecular weight excluding hydrogens is 446 g/mol. The second-order valence-electron chi connectivity index (χ2n) is 9.94. The molecule has 1 heterocycles. The highest BCUT2D eigenvalue weighted by atomic mass is 16.5. The zero-order valence-corrected chi connectivity index (χ0v) is 20.8. The Balaban J connectivity index is 1.84. The van der Waals surface area contributed by atoms with Crippen molar-refractivity contribution in [2.45, 2.75) is 65.3 Å². The number of methoxy groups -OCH3 is 1. The first-order valence-electron chi connectivity index (χ1n) is 12.3. The van der Waals surface area contributed by atoms with Crippen LogP contribution in [0.5, 0.6) is 0 Å². The van der Waals surface area contributed by atoms with Crippen LogP contribution >= 0.6 is 0 Å². The van der Waals surface area contributed by atoms with E-state index in [2.05, 4.69) is 6.92 Å². The van der Waals surface area contributed by atoms with Gasteiger partial charge >= 0.3 is 11.9 Å². The number of hydrogen-bond acceptors (Lipinski definition) is 5. The number of aryl methyl sites for hydroxylation is 1. The summed E-state index contributed by atoms with van der Waals surface area (Å²) < 4.78 is 11.1. The standard InChI is InChI=1S/C28H33NO6/c1-16(2)29(27(32)19-9-5-17(3)6-10-19)23-14-21-20-13-18(8-12-26(30)31)7-11-24(20)35-25(21)15-22(23)28(33)34-4/h7,11,13-17,19H,5-6,8-10,12H2,1-4H3,(H,30,31). The monoisotopic (exact) mass is 479 g/mol. The molecule has 0 unspecified atom stereocenters. The smallest absolute Gasteiger partial charge is 0.340 e. The number of esters is 1. The topological polar surface area (TPSA) is 97.0 Å². The Morgan fingerprint density at radius 2 is 1.74 bits per heavy atom. The Hall–Kier alpha value is -3.35. The van der Waals surface area contributed by atoms with E-state index in [0.29, 0.717) is 29.2 Å². The Labute approximate surface area is 205 Å². The third-order valence-electron chi connectivity index (χ3n) is 7.06. The van der Waals surface area contributed by atoms with Crippen LogP contribution in [0.4, 0.5) is 5.69 Å². The van der Waals surface area contributed by atoms with E-state index < -0.39 is 11.9 Å². The summed E-state index contributed by atoms with van der Waals surface area (Å²) in [6.07, 6.45) is 4.19. The maximum atomic E-state index is 13.7. The summed E-state index contributed by atoms with van der Waals surface area (Å²) in [4.78, 5) is 39.3. The molecule has 0 radical (unpaired) electrons. The molecule has 7 nitrogen and oxygen atoms in total. The zero-order valence-electron chi connectivity index (χ0n) is 20.8. The second kappa shape index (κ2) is 10.1. The number of aliphatic carboxylic acids is 1. The summed E-state index contributed by atoms with van der Waals surface area (Å²) in [6.45, 7) is 6.12. The van der Waals surface area contributed by atoms with E-state index in [4.69, 9.17) is 14.3 Å². The van der Waals surface area contributed by atoms with Crippen molar-refractivity contribution in [3.05, 3.63) is 41.5 Å². The Morgan fingerprint density at radius 1 is 1.06 bits per heavy atom. The molecule has 7 heteroatoms. The van der Waals surface area contributed by atoms with Crippen LogP contribution in [0.15, 0.2) is 34.7 Å². The van der Waals surface area contributed by atoms with Gasteiger partial charge in [-0.1, -0.05) is 13.0 Å². The number of amides is 1. The fourth-order valence-electron chi connectivity index (χ4n) is 5.09. The number of carbonyl (C=O) groups is 3. The second-order valence-corrected chi connectivity index (χ2v) is 9.94. The number of hydrogen-bond donors (Lipinski definition) is 1. The van der Waals surface area contributed by atoms with Crippen molar-refractivity contribution in [1.29, 1.82) is 0 Å². The van der Waals surface area contributed by atoms with Gasteiger partial charge in [0.2, 0.25) is 5.91 Å². The van der Waals surface area contributed by atoms with E-state index in [0.717, 1.165) is 42.0 Å². The highest BCUT2D eigenvalue weighted by Gasteiger charge is 2.33. The van der Waals surface area contributed by atoms with Gasteiger partial charge in [0.1, 0.15) is 11.2 Å². The van der Waals surface area contributed by atoms with E-state index in [9.17, 15) is 14.4 Å². The molecule has 0 aliphatic heterocycles. The van der Waals surface area contributed by atoms with Crippen molar-refractivity contribution >= 4 is 45.5 Å². The highest BCUT2D eigenvalue weighted by molar-refractivity contribution is 6.12. The van der Waals surface area contributed by atoms with Crippen molar-refractivity contribution in [2.24, 2.45) is 11.8 Å². The van der Waals surface area contributed by atoms with Gasteiger partial charge in [-0.05, 0) is 81.7 Å². The molecule has 0 saturated heterocycles. The third kappa shape index (κ3) is 5.04. The summed E-state index contributed by atoms with van der Waals surface area (Å²) in [6, 6.07) is 8.93. The lowest BCUT2D eigenvalue weighted by Crippen LogP contribution is -2.43. The number of carboxylic acids is 1. The Morgan fingerprint density at radius 3 is 2.37 bits per heavy atom. The number of nitrogens with zero attached hydrogens (tertiary/aromatic N) is 1. The average Bonchev–Trinajstić information content (AvgIpc) is 3.18. The van der Waals surface area contributed by atoms with Crippen LogP contribution in [-0.4, -0.2) is 36.1 Å². The minimum Gasteiger partial charge on any atom is -0.481 e. The van der Waals surface area contributed by atoms with Crippen LogP contribution < -0.4 is 4.90 Å². The quantitative estimate of drug-likeness (QED) is 0.420. The number of rotatable bonds is 7. The van der Waals surface area contributed by atoms with Gasteiger partial charge in [0.05, 0.1) is 18.4 Å². The lowest BCUT2D eigenvalue weighted by atomic mass is 9.82. The molecule has 0 spiro atoms. The molecule has 0 atom stereocenters. The van der Waals surface area contributed by atoms with E-state index >= 15 is 0 Å². The van der Waals surface area contributed by atoms with Crippen molar-refractivity contribution in [2.75, 3.05) is 12.0 Å². The van der Waals surface area contributed by atoms with E-state index in [-0.39, 0.29) is 29.9 Å². The van der Waals surface area contributed by atoms with E-state index in [1.54, 1.807) is 11.0 Å². The zero-order chi connectivity index (χ0) is 25.3. The fourth-order valence-corrected chi connectivity index (χ4v) is 5.09. The predicted octanol–water partition coefficient (Wildman–Crippen LogP) is 5.96. The number of carboxylic acid groups (broad SMARTS) is 1. The molecule has 1 saturated carbocycles. The summed E-state index contributed by atoms with van der Waals surface area (Å²) in [5.74, 6) is -0.790. The number of furan rings is 1. The van der Waals surface area contributed by atoms with E-state index in [1.807, 2.05) is 38.1 Å². The lowest BCUT2D eigenvalue weighted by molar-refractivity contribution is -0.137. The van der Waals surface area contributed by atoms with Crippen LogP contribution in [-0.2, 0) is 20.7 Å². The largest absolute Gasteiger partial charge is 0.481 e. The third-order valence-corrected chi connectivity index (χ3v) is 7.06. The average molecular weight is 480 g/mol. The lowest BCUT2D eigenvalue weighted by Gasteiger charge is -2.34. The summed E-state index contributed by atoms with van der Waals surface area (Å²) in [7, 11) is 1.33. The van der Waals surface area contributed by atoms with Gasteiger partial charge < -0.3 is 19.2 Å². The summed E-state index contributed by atoms with van der Waals surface area (Å²) >= 11 is 0. The van der Waals surface area contributed by atoms with Crippen molar-refractivity contribution in [3.8, 4) is 0 Å².